The molecule has 132 valence electrons. The van der Waals surface area contributed by atoms with Gasteiger partial charge in [-0.3, -0.25) is 9.89 Å². The van der Waals surface area contributed by atoms with Gasteiger partial charge in [0, 0.05) is 11.1 Å². The average molecular weight is 428 g/mol. The molecule has 1 aromatic heterocycles. The molecule has 1 heterocycles. The summed E-state index contributed by atoms with van der Waals surface area (Å²) in [7, 11) is 0. The largest absolute Gasteiger partial charge is 0.289 e. The average Bonchev–Trinajstić information content (AvgIpc) is 3.10. The van der Waals surface area contributed by atoms with Crippen molar-refractivity contribution in [3.05, 3.63) is 73.8 Å². The van der Waals surface area contributed by atoms with Crippen LogP contribution in [0.5, 0.6) is 0 Å². The topological polar surface area (TPSA) is 70.1 Å². The second-order valence-corrected chi connectivity index (χ2v) is 6.76. The number of rotatable bonds is 4. The number of aromatic amines is 1. The van der Waals surface area contributed by atoms with Crippen LogP contribution >= 0.6 is 46.4 Å². The molecular formula is C17H10Cl4N4O. The van der Waals surface area contributed by atoms with Crippen molar-refractivity contribution in [2.75, 3.05) is 0 Å². The fraction of sp³-hybridized carbons (Fsp3) is 0. The van der Waals surface area contributed by atoms with Gasteiger partial charge in [-0.25, -0.2) is 5.43 Å². The van der Waals surface area contributed by atoms with Crippen LogP contribution in [0.2, 0.25) is 20.1 Å². The van der Waals surface area contributed by atoms with E-state index < -0.39 is 5.91 Å². The van der Waals surface area contributed by atoms with E-state index in [0.29, 0.717) is 31.3 Å². The highest BCUT2D eigenvalue weighted by molar-refractivity contribution is 6.42. The Kier molecular flexibility index (Phi) is 5.84. The summed E-state index contributed by atoms with van der Waals surface area (Å²) in [5.74, 6) is -0.469. The first-order chi connectivity index (χ1) is 12.5. The Bertz CT molecular complexity index is 980. The first-order valence-corrected chi connectivity index (χ1v) is 8.75. The Morgan fingerprint density at radius 3 is 2.42 bits per heavy atom. The van der Waals surface area contributed by atoms with E-state index in [1.54, 1.807) is 42.5 Å². The van der Waals surface area contributed by atoms with Crippen molar-refractivity contribution in [2.24, 2.45) is 5.10 Å². The predicted molar refractivity (Wildman–Crippen MR) is 106 cm³/mol. The number of benzene rings is 2. The number of amides is 1. The summed E-state index contributed by atoms with van der Waals surface area (Å²) in [6.45, 7) is 0. The minimum atomic E-state index is -0.469. The number of hydrogen-bond donors (Lipinski definition) is 2. The van der Waals surface area contributed by atoms with Gasteiger partial charge in [-0.05, 0) is 30.3 Å². The standard InChI is InChI=1S/C17H10Cl4N4O/c18-11-2-1-3-12(19)10(11)8-22-25-17(26)16-7-15(23-24-16)9-4-5-13(20)14(21)6-9/h1-8H,(H,23,24)(H,25,26)/b22-8+. The molecule has 0 spiro atoms. The summed E-state index contributed by atoms with van der Waals surface area (Å²) in [5, 5.41) is 12.3. The molecular weight excluding hydrogens is 418 g/mol. The third kappa shape index (κ3) is 4.19. The highest BCUT2D eigenvalue weighted by Gasteiger charge is 2.11. The first-order valence-electron chi connectivity index (χ1n) is 7.24. The molecule has 3 aromatic rings. The Morgan fingerprint density at radius 2 is 1.73 bits per heavy atom. The van der Waals surface area contributed by atoms with E-state index in [9.17, 15) is 4.79 Å². The number of halogens is 4. The summed E-state index contributed by atoms with van der Waals surface area (Å²) < 4.78 is 0. The maximum Gasteiger partial charge on any atom is 0.289 e. The Labute approximate surface area is 168 Å². The van der Waals surface area contributed by atoms with Crippen LogP contribution in [0.4, 0.5) is 0 Å². The lowest BCUT2D eigenvalue weighted by Gasteiger charge is -2.00. The van der Waals surface area contributed by atoms with Gasteiger partial charge in [0.2, 0.25) is 0 Å². The van der Waals surface area contributed by atoms with Crippen LogP contribution in [-0.2, 0) is 0 Å². The lowest BCUT2D eigenvalue weighted by atomic mass is 10.1. The number of H-pyrrole nitrogens is 1. The molecule has 0 aliphatic heterocycles. The van der Waals surface area contributed by atoms with Crippen molar-refractivity contribution in [3.63, 3.8) is 0 Å². The molecule has 26 heavy (non-hydrogen) atoms. The Morgan fingerprint density at radius 1 is 1.00 bits per heavy atom. The maximum atomic E-state index is 12.2. The molecule has 1 amide bonds. The molecule has 0 aliphatic rings. The molecule has 0 unspecified atom stereocenters. The Hall–Kier alpha value is -2.05. The van der Waals surface area contributed by atoms with E-state index in [1.165, 1.54) is 6.21 Å². The lowest BCUT2D eigenvalue weighted by molar-refractivity contribution is 0.0950. The second-order valence-electron chi connectivity index (χ2n) is 5.13. The van der Waals surface area contributed by atoms with Crippen molar-refractivity contribution in [3.8, 4) is 11.3 Å². The van der Waals surface area contributed by atoms with Gasteiger partial charge in [-0.1, -0.05) is 58.5 Å². The molecule has 2 aromatic carbocycles. The fourth-order valence-electron chi connectivity index (χ4n) is 2.09. The smallest absolute Gasteiger partial charge is 0.272 e. The van der Waals surface area contributed by atoms with E-state index >= 15 is 0 Å². The number of hydrogen-bond acceptors (Lipinski definition) is 3. The summed E-state index contributed by atoms with van der Waals surface area (Å²) in [6.07, 6.45) is 1.37. The Balaban J connectivity index is 1.72. The number of nitrogens with one attached hydrogen (secondary N) is 2. The number of carbonyl (C=O) groups excluding carboxylic acids is 1. The molecule has 2 N–H and O–H groups in total. The second kappa shape index (κ2) is 8.10. The van der Waals surface area contributed by atoms with Gasteiger partial charge in [0.1, 0.15) is 5.69 Å². The number of nitrogens with zero attached hydrogens (tertiary/aromatic N) is 2. The zero-order valence-corrected chi connectivity index (χ0v) is 16.0. The molecule has 9 heteroatoms. The summed E-state index contributed by atoms with van der Waals surface area (Å²) >= 11 is 24.0. The highest BCUT2D eigenvalue weighted by Crippen LogP contribution is 2.27. The van der Waals surface area contributed by atoms with Crippen LogP contribution in [0.3, 0.4) is 0 Å². The molecule has 5 nitrogen and oxygen atoms in total. The summed E-state index contributed by atoms with van der Waals surface area (Å²) in [6, 6.07) is 11.7. The SMILES string of the molecule is O=C(N/N=C/c1c(Cl)cccc1Cl)c1cc(-c2ccc(Cl)c(Cl)c2)n[nH]1. The third-order valence-corrected chi connectivity index (χ3v) is 4.80. The van der Waals surface area contributed by atoms with Crippen LogP contribution in [0.1, 0.15) is 16.1 Å². The lowest BCUT2D eigenvalue weighted by Crippen LogP contribution is -2.18. The molecule has 0 fully saturated rings. The minimum Gasteiger partial charge on any atom is -0.272 e. The predicted octanol–water partition coefficient (Wildman–Crippen LogP) is 5.45. The molecule has 0 radical (unpaired) electrons. The van der Waals surface area contributed by atoms with Gasteiger partial charge in [-0.2, -0.15) is 10.2 Å². The molecule has 0 aliphatic carbocycles. The van der Waals surface area contributed by atoms with E-state index in [2.05, 4.69) is 20.7 Å². The van der Waals surface area contributed by atoms with Crippen LogP contribution in [0.15, 0.2) is 47.6 Å². The normalized spacial score (nSPS) is 11.1. The third-order valence-electron chi connectivity index (χ3n) is 3.40. The van der Waals surface area contributed by atoms with Crippen molar-refractivity contribution in [1.82, 2.24) is 15.6 Å². The van der Waals surface area contributed by atoms with E-state index in [-0.39, 0.29) is 5.69 Å². The monoisotopic (exact) mass is 426 g/mol. The molecule has 0 saturated carbocycles. The zero-order valence-electron chi connectivity index (χ0n) is 12.9. The number of aromatic nitrogens is 2. The van der Waals surface area contributed by atoms with Crippen LogP contribution < -0.4 is 5.43 Å². The van der Waals surface area contributed by atoms with Gasteiger partial charge in [0.25, 0.3) is 5.91 Å². The summed E-state index contributed by atoms with van der Waals surface area (Å²) in [4.78, 5) is 12.2. The molecule has 3 rings (SSSR count). The van der Waals surface area contributed by atoms with E-state index in [1.807, 2.05) is 0 Å². The van der Waals surface area contributed by atoms with Crippen molar-refractivity contribution >= 4 is 58.5 Å². The van der Waals surface area contributed by atoms with Crippen LogP contribution in [-0.4, -0.2) is 22.3 Å². The van der Waals surface area contributed by atoms with Gasteiger partial charge in [0.05, 0.1) is 32.0 Å². The highest BCUT2D eigenvalue weighted by atomic mass is 35.5. The van der Waals surface area contributed by atoms with E-state index in [0.717, 1.165) is 5.56 Å². The van der Waals surface area contributed by atoms with Gasteiger partial charge in [-0.15, -0.1) is 0 Å². The fourth-order valence-corrected chi connectivity index (χ4v) is 2.88. The quantitative estimate of drug-likeness (QED) is 0.429. The molecule has 0 saturated heterocycles. The van der Waals surface area contributed by atoms with Gasteiger partial charge in [0.15, 0.2) is 0 Å². The summed E-state index contributed by atoms with van der Waals surface area (Å²) in [5.41, 5.74) is 4.39. The number of hydrazone groups is 1. The van der Waals surface area contributed by atoms with Crippen molar-refractivity contribution < 1.29 is 4.79 Å². The van der Waals surface area contributed by atoms with Crippen LogP contribution in [0.25, 0.3) is 11.3 Å². The van der Waals surface area contributed by atoms with Gasteiger partial charge < -0.3 is 0 Å². The maximum absolute atomic E-state index is 12.2. The van der Waals surface area contributed by atoms with E-state index in [4.69, 9.17) is 46.4 Å². The van der Waals surface area contributed by atoms with Crippen molar-refractivity contribution in [1.29, 1.82) is 0 Å². The molecule has 0 bridgehead atoms. The molecule has 0 atom stereocenters. The van der Waals surface area contributed by atoms with Crippen molar-refractivity contribution in [2.45, 2.75) is 0 Å². The minimum absolute atomic E-state index is 0.230. The van der Waals surface area contributed by atoms with Gasteiger partial charge >= 0.3 is 0 Å². The zero-order chi connectivity index (χ0) is 18.7. The first kappa shape index (κ1) is 18.7. The number of carbonyl (C=O) groups is 1. The van der Waals surface area contributed by atoms with Crippen LogP contribution in [0, 0.1) is 0 Å².